The maximum atomic E-state index is 4.52. The second-order valence-electron chi connectivity index (χ2n) is 12.5. The maximum Gasteiger partial charge on any atom is 2.00 e. The number of hydrogen-bond donors (Lipinski definition) is 0. The molecule has 0 amide bonds. The van der Waals surface area contributed by atoms with Crippen LogP contribution in [0, 0.1) is 0 Å². The van der Waals surface area contributed by atoms with Gasteiger partial charge >= 0.3 is 26.2 Å². The average molecular weight is 801 g/mol. The number of halogens is 2. The van der Waals surface area contributed by atoms with Crippen LogP contribution in [0.4, 0.5) is 0 Å². The summed E-state index contributed by atoms with van der Waals surface area (Å²) >= 11 is 0. The molecule has 0 aliphatic carbocycles. The molecule has 8 aromatic carbocycles. The molecular formula is C48H34Cl2N2Zr. The fourth-order valence-corrected chi connectivity index (χ4v) is 7.35. The van der Waals surface area contributed by atoms with Crippen molar-refractivity contribution in [3.05, 3.63) is 194 Å². The van der Waals surface area contributed by atoms with Crippen LogP contribution in [0.5, 0.6) is 0 Å². The number of pyridine rings is 2. The van der Waals surface area contributed by atoms with Crippen LogP contribution in [0.1, 0.15) is 0 Å². The predicted molar refractivity (Wildman–Crippen MR) is 226 cm³/mol. The van der Waals surface area contributed by atoms with Crippen molar-refractivity contribution in [3.63, 3.8) is 0 Å². The quantitative estimate of drug-likeness (QED) is 0.166. The largest absolute Gasteiger partial charge is 2.00 e. The van der Waals surface area contributed by atoms with E-state index >= 15 is 0 Å². The first-order valence-electron chi connectivity index (χ1n) is 17.0. The predicted octanol–water partition coefficient (Wildman–Crippen LogP) is 13.7. The summed E-state index contributed by atoms with van der Waals surface area (Å²) < 4.78 is 0. The molecule has 0 aliphatic rings. The van der Waals surface area contributed by atoms with Gasteiger partial charge in [0.15, 0.2) is 0 Å². The molecule has 0 atom stereocenters. The van der Waals surface area contributed by atoms with Gasteiger partial charge in [-0.15, -0.1) is 82.8 Å². The minimum atomic E-state index is 0. The van der Waals surface area contributed by atoms with Gasteiger partial charge in [0.2, 0.25) is 0 Å². The molecule has 0 saturated heterocycles. The van der Waals surface area contributed by atoms with Crippen molar-refractivity contribution in [2.75, 3.05) is 0 Å². The first-order chi connectivity index (χ1) is 24.8. The Morgan fingerprint density at radius 2 is 0.679 bits per heavy atom. The molecule has 0 unspecified atom stereocenters. The average Bonchev–Trinajstić information content (AvgIpc) is 3.84. The van der Waals surface area contributed by atoms with Crippen molar-refractivity contribution in [1.29, 1.82) is 0 Å². The summed E-state index contributed by atoms with van der Waals surface area (Å²) in [6, 6.07) is 64.2. The number of hydrogen-bond acceptors (Lipinski definition) is 2. The summed E-state index contributed by atoms with van der Waals surface area (Å²) in [5.74, 6) is 0. The van der Waals surface area contributed by atoms with Gasteiger partial charge in [0, 0.05) is 23.8 Å². The molecule has 2 aromatic heterocycles. The first kappa shape index (κ1) is 37.6. The molecule has 10 aromatic rings. The van der Waals surface area contributed by atoms with Crippen LogP contribution in [0.15, 0.2) is 194 Å². The summed E-state index contributed by atoms with van der Waals surface area (Å²) in [5, 5.41) is 10.2. The molecule has 2 nitrogen and oxygen atoms in total. The number of fused-ring (bicyclic) bond motifs is 4. The third-order valence-electron chi connectivity index (χ3n) is 9.67. The molecule has 254 valence electrons. The smallest absolute Gasteiger partial charge is 0.272 e. The minimum absolute atomic E-state index is 0. The Bertz CT molecular complexity index is 2570. The Labute approximate surface area is 340 Å². The third-order valence-corrected chi connectivity index (χ3v) is 9.67. The Balaban J connectivity index is 0.000000172. The monoisotopic (exact) mass is 798 g/mol. The summed E-state index contributed by atoms with van der Waals surface area (Å²) in [7, 11) is 0. The SMILES string of the molecule is Cl.Cl.[Zr+2].c1ccc(-[c-]2ccc3c(-c4cccc5ccccc45)cccc32)nc1.c1ccc(-[c-]2ccc3c(-c4cccc5ccccc45)cccc32)nc1. The van der Waals surface area contributed by atoms with Crippen molar-refractivity contribution < 1.29 is 26.2 Å². The molecule has 53 heavy (non-hydrogen) atoms. The molecule has 5 heteroatoms. The zero-order chi connectivity index (χ0) is 33.3. The standard InChI is InChI=1S/2C24H16N.2ClH.Zr/c2*1-2-9-18-17(7-1)8-5-10-19(18)20-11-6-12-21-22(20)14-15-23(21)24-13-3-4-16-25-24;;;/h2*1-16H;2*1H;/q2*-1;;;+2. The Morgan fingerprint density at radius 1 is 0.321 bits per heavy atom. The number of rotatable bonds is 4. The van der Waals surface area contributed by atoms with E-state index in [2.05, 4.69) is 168 Å². The van der Waals surface area contributed by atoms with E-state index in [-0.39, 0.29) is 51.0 Å². The first-order valence-corrected chi connectivity index (χ1v) is 17.0. The summed E-state index contributed by atoms with van der Waals surface area (Å²) in [5.41, 5.74) is 9.53. The molecule has 0 bridgehead atoms. The van der Waals surface area contributed by atoms with E-state index in [1.165, 1.54) is 76.5 Å². The van der Waals surface area contributed by atoms with Gasteiger partial charge in [0.05, 0.1) is 0 Å². The normalized spacial score (nSPS) is 10.6. The zero-order valence-electron chi connectivity index (χ0n) is 28.7. The van der Waals surface area contributed by atoms with Gasteiger partial charge in [0.25, 0.3) is 0 Å². The fourth-order valence-electron chi connectivity index (χ4n) is 7.35. The number of aromatic nitrogens is 2. The fraction of sp³-hybridized carbons (Fsp3) is 0. The topological polar surface area (TPSA) is 25.8 Å². The maximum absolute atomic E-state index is 4.52. The van der Waals surface area contributed by atoms with Crippen LogP contribution in [0.25, 0.3) is 87.9 Å². The van der Waals surface area contributed by atoms with Crippen molar-refractivity contribution >= 4 is 67.9 Å². The Hall–Kier alpha value is -5.18. The van der Waals surface area contributed by atoms with Crippen LogP contribution in [-0.4, -0.2) is 9.97 Å². The second kappa shape index (κ2) is 16.7. The third kappa shape index (κ3) is 7.14. The van der Waals surface area contributed by atoms with Crippen molar-refractivity contribution in [2.45, 2.75) is 0 Å². The van der Waals surface area contributed by atoms with E-state index in [9.17, 15) is 0 Å². The summed E-state index contributed by atoms with van der Waals surface area (Å²) in [4.78, 5) is 9.05. The second-order valence-corrected chi connectivity index (χ2v) is 12.5. The van der Waals surface area contributed by atoms with E-state index in [4.69, 9.17) is 0 Å². The van der Waals surface area contributed by atoms with E-state index in [0.29, 0.717) is 0 Å². The van der Waals surface area contributed by atoms with Gasteiger partial charge in [-0.1, -0.05) is 168 Å². The summed E-state index contributed by atoms with van der Waals surface area (Å²) in [6.07, 6.45) is 3.70. The van der Waals surface area contributed by atoms with Gasteiger partial charge in [-0.25, -0.2) is 0 Å². The summed E-state index contributed by atoms with van der Waals surface area (Å²) in [6.45, 7) is 0. The van der Waals surface area contributed by atoms with Gasteiger partial charge in [0.1, 0.15) is 0 Å². The molecule has 2 heterocycles. The molecule has 0 fully saturated rings. The molecule has 0 aliphatic heterocycles. The molecule has 0 saturated carbocycles. The van der Waals surface area contributed by atoms with Gasteiger partial charge in [-0.2, -0.15) is 0 Å². The van der Waals surface area contributed by atoms with Crippen LogP contribution < -0.4 is 0 Å². The van der Waals surface area contributed by atoms with Crippen LogP contribution in [0.2, 0.25) is 0 Å². The minimum Gasteiger partial charge on any atom is -0.272 e. The molecule has 10 rings (SSSR count). The molecule has 0 radical (unpaired) electrons. The number of nitrogens with zero attached hydrogens (tertiary/aromatic N) is 2. The van der Waals surface area contributed by atoms with Crippen LogP contribution in [-0.2, 0) is 26.2 Å². The van der Waals surface area contributed by atoms with Gasteiger partial charge in [-0.3, -0.25) is 9.97 Å². The van der Waals surface area contributed by atoms with Gasteiger partial charge in [-0.05, 0) is 32.7 Å². The number of benzene rings is 6. The van der Waals surface area contributed by atoms with E-state index in [0.717, 1.165) is 11.4 Å². The van der Waals surface area contributed by atoms with Gasteiger partial charge < -0.3 is 0 Å². The molecular weight excluding hydrogens is 767 g/mol. The van der Waals surface area contributed by atoms with E-state index in [1.807, 2.05) is 36.7 Å². The van der Waals surface area contributed by atoms with E-state index in [1.54, 1.807) is 0 Å². The zero-order valence-corrected chi connectivity index (χ0v) is 32.8. The van der Waals surface area contributed by atoms with Crippen molar-refractivity contribution in [2.24, 2.45) is 0 Å². The van der Waals surface area contributed by atoms with Crippen molar-refractivity contribution in [1.82, 2.24) is 9.97 Å². The van der Waals surface area contributed by atoms with Crippen molar-refractivity contribution in [3.8, 4) is 44.8 Å². The molecule has 0 N–H and O–H groups in total. The van der Waals surface area contributed by atoms with E-state index < -0.39 is 0 Å². The van der Waals surface area contributed by atoms with Crippen LogP contribution in [0.3, 0.4) is 0 Å². The van der Waals surface area contributed by atoms with Crippen LogP contribution >= 0.6 is 24.8 Å². The Kier molecular flexibility index (Phi) is 11.8. The molecule has 0 spiro atoms. The Morgan fingerprint density at radius 3 is 1.09 bits per heavy atom.